The van der Waals surface area contributed by atoms with Crippen LogP contribution in [0.15, 0.2) is 0 Å². The quantitative estimate of drug-likeness (QED) is 0.677. The molecule has 0 aliphatic carbocycles. The highest BCUT2D eigenvalue weighted by atomic mass is 16.5. The van der Waals surface area contributed by atoms with Crippen LogP contribution >= 0.6 is 0 Å². The molecule has 1 amide bonds. The summed E-state index contributed by atoms with van der Waals surface area (Å²) in [7, 11) is 0. The highest BCUT2D eigenvalue weighted by molar-refractivity contribution is 5.84. The van der Waals surface area contributed by atoms with Gasteiger partial charge in [0.1, 0.15) is 0 Å². The minimum absolute atomic E-state index is 0.0140. The van der Waals surface area contributed by atoms with Crippen LogP contribution in [0.4, 0.5) is 0 Å². The lowest BCUT2D eigenvalue weighted by Gasteiger charge is -2.28. The Morgan fingerprint density at radius 3 is 2.81 bits per heavy atom. The summed E-state index contributed by atoms with van der Waals surface area (Å²) in [5.41, 5.74) is 5.31. The van der Waals surface area contributed by atoms with Gasteiger partial charge < -0.3 is 20.5 Å². The summed E-state index contributed by atoms with van der Waals surface area (Å²) in [6, 6.07) is -0.109. The van der Waals surface area contributed by atoms with E-state index in [-0.39, 0.29) is 24.1 Å². The molecule has 0 saturated carbocycles. The molecule has 0 spiro atoms. The topological polar surface area (TPSA) is 73.6 Å². The zero-order valence-corrected chi connectivity index (χ0v) is 9.86. The summed E-state index contributed by atoms with van der Waals surface area (Å²) >= 11 is 0. The minimum atomic E-state index is -0.595. The second-order valence-electron chi connectivity index (χ2n) is 4.98. The van der Waals surface area contributed by atoms with E-state index < -0.39 is 5.41 Å². The first kappa shape index (κ1) is 11.8. The van der Waals surface area contributed by atoms with E-state index in [2.05, 4.69) is 5.32 Å². The Morgan fingerprint density at radius 1 is 1.56 bits per heavy atom. The van der Waals surface area contributed by atoms with E-state index in [1.54, 1.807) is 0 Å². The lowest BCUT2D eigenvalue weighted by atomic mass is 9.84. The van der Waals surface area contributed by atoms with Gasteiger partial charge in [-0.3, -0.25) is 4.79 Å². The maximum Gasteiger partial charge on any atom is 0.230 e. The maximum atomic E-state index is 12.2. The Hall–Kier alpha value is -0.650. The molecule has 5 nitrogen and oxygen atoms in total. The Kier molecular flexibility index (Phi) is 3.19. The van der Waals surface area contributed by atoms with Gasteiger partial charge in [-0.15, -0.1) is 0 Å². The largest absolute Gasteiger partial charge is 0.379 e. The zero-order chi connectivity index (χ0) is 11.8. The van der Waals surface area contributed by atoms with Gasteiger partial charge in [0.25, 0.3) is 0 Å². The lowest BCUT2D eigenvalue weighted by Crippen LogP contribution is -2.53. The van der Waals surface area contributed by atoms with Crippen molar-refractivity contribution in [1.82, 2.24) is 5.32 Å². The highest BCUT2D eigenvalue weighted by Gasteiger charge is 2.45. The summed E-state index contributed by atoms with van der Waals surface area (Å²) in [6.45, 7) is 5.42. The van der Waals surface area contributed by atoms with Crippen molar-refractivity contribution in [1.29, 1.82) is 0 Å². The molecule has 0 radical (unpaired) electrons. The number of rotatable bonds is 2. The van der Waals surface area contributed by atoms with E-state index in [1.165, 1.54) is 0 Å². The molecule has 92 valence electrons. The van der Waals surface area contributed by atoms with E-state index in [0.717, 1.165) is 6.42 Å². The summed E-state index contributed by atoms with van der Waals surface area (Å²) in [6.07, 6.45) is 0.963. The van der Waals surface area contributed by atoms with Gasteiger partial charge in [0.05, 0.1) is 30.8 Å². The molecule has 2 fully saturated rings. The number of carbonyl (C=O) groups is 1. The monoisotopic (exact) mass is 228 g/mol. The molecule has 4 atom stereocenters. The van der Waals surface area contributed by atoms with Crippen LogP contribution < -0.4 is 11.1 Å². The third-order valence-electron chi connectivity index (χ3n) is 3.73. The van der Waals surface area contributed by atoms with E-state index in [4.69, 9.17) is 15.2 Å². The number of nitrogens with two attached hydrogens (primary N) is 1. The fourth-order valence-electron chi connectivity index (χ4n) is 2.18. The molecule has 16 heavy (non-hydrogen) atoms. The van der Waals surface area contributed by atoms with Crippen molar-refractivity contribution < 1.29 is 14.3 Å². The standard InChI is InChI=1S/C11H20N2O3/c1-7-8(3-4-16-7)13-10(14)11(2)6-15-5-9(11)12/h7-9H,3-6,12H2,1-2H3,(H,13,14). The summed E-state index contributed by atoms with van der Waals surface area (Å²) in [5.74, 6) is -0.0140. The number of hydrogen-bond donors (Lipinski definition) is 2. The van der Waals surface area contributed by atoms with Gasteiger partial charge in [-0.25, -0.2) is 0 Å². The molecular weight excluding hydrogens is 208 g/mol. The molecular formula is C11H20N2O3. The molecule has 2 saturated heterocycles. The van der Waals surface area contributed by atoms with Crippen LogP contribution in [0.25, 0.3) is 0 Å². The van der Waals surface area contributed by atoms with Gasteiger partial charge >= 0.3 is 0 Å². The Morgan fingerprint density at radius 2 is 2.31 bits per heavy atom. The van der Waals surface area contributed by atoms with Gasteiger partial charge in [-0.1, -0.05) is 0 Å². The second-order valence-corrected chi connectivity index (χ2v) is 4.98. The van der Waals surface area contributed by atoms with Crippen LogP contribution in [-0.4, -0.2) is 43.9 Å². The molecule has 5 heteroatoms. The van der Waals surface area contributed by atoms with E-state index >= 15 is 0 Å². The minimum Gasteiger partial charge on any atom is -0.379 e. The third kappa shape index (κ3) is 1.95. The molecule has 4 unspecified atom stereocenters. The molecule has 0 aromatic carbocycles. The number of ether oxygens (including phenoxy) is 2. The molecule has 0 aromatic heterocycles. The van der Waals surface area contributed by atoms with E-state index in [1.807, 2.05) is 13.8 Å². The number of amides is 1. The van der Waals surface area contributed by atoms with E-state index in [9.17, 15) is 4.79 Å². The van der Waals surface area contributed by atoms with Crippen LogP contribution in [-0.2, 0) is 14.3 Å². The van der Waals surface area contributed by atoms with E-state index in [0.29, 0.717) is 19.8 Å². The first-order valence-electron chi connectivity index (χ1n) is 5.80. The summed E-state index contributed by atoms with van der Waals surface area (Å²) < 4.78 is 10.7. The predicted molar refractivity (Wildman–Crippen MR) is 58.9 cm³/mol. The average Bonchev–Trinajstić information content (AvgIpc) is 2.77. The first-order valence-corrected chi connectivity index (χ1v) is 5.80. The second kappa shape index (κ2) is 4.31. The number of hydrogen-bond acceptors (Lipinski definition) is 4. The fourth-order valence-corrected chi connectivity index (χ4v) is 2.18. The molecule has 2 aliphatic heterocycles. The van der Waals surface area contributed by atoms with Gasteiger partial charge in [-0.2, -0.15) is 0 Å². The molecule has 2 heterocycles. The molecule has 0 bridgehead atoms. The van der Waals surface area contributed by atoms with Gasteiger partial charge in [0.2, 0.25) is 5.91 Å². The smallest absolute Gasteiger partial charge is 0.230 e. The molecule has 3 N–H and O–H groups in total. The van der Waals surface area contributed by atoms with Gasteiger partial charge in [0, 0.05) is 12.6 Å². The van der Waals surface area contributed by atoms with Crippen LogP contribution in [0.1, 0.15) is 20.3 Å². The molecule has 2 aliphatic rings. The summed E-state index contributed by atoms with van der Waals surface area (Å²) in [5, 5.41) is 3.02. The van der Waals surface area contributed by atoms with Crippen molar-refractivity contribution in [3.8, 4) is 0 Å². The summed E-state index contributed by atoms with van der Waals surface area (Å²) in [4.78, 5) is 12.2. The number of carbonyl (C=O) groups excluding carboxylic acids is 1. The van der Waals surface area contributed by atoms with Crippen molar-refractivity contribution in [3.63, 3.8) is 0 Å². The predicted octanol–water partition coefficient (Wildman–Crippen LogP) is -0.356. The fraction of sp³-hybridized carbons (Fsp3) is 0.909. The van der Waals surface area contributed by atoms with Crippen molar-refractivity contribution in [3.05, 3.63) is 0 Å². The normalized spacial score (nSPS) is 43.6. The Bertz CT molecular complexity index is 284. The average molecular weight is 228 g/mol. The molecule has 2 rings (SSSR count). The van der Waals surface area contributed by atoms with Gasteiger partial charge in [0.15, 0.2) is 0 Å². The van der Waals surface area contributed by atoms with Crippen LogP contribution in [0.3, 0.4) is 0 Å². The zero-order valence-electron chi connectivity index (χ0n) is 9.86. The lowest BCUT2D eigenvalue weighted by molar-refractivity contribution is -0.131. The third-order valence-corrected chi connectivity index (χ3v) is 3.73. The van der Waals surface area contributed by atoms with Crippen LogP contribution in [0.5, 0.6) is 0 Å². The van der Waals surface area contributed by atoms with Crippen LogP contribution in [0.2, 0.25) is 0 Å². The molecule has 0 aromatic rings. The first-order chi connectivity index (χ1) is 7.54. The maximum absolute atomic E-state index is 12.2. The SMILES string of the molecule is CC1OCCC1NC(=O)C1(C)COCC1N. The Labute approximate surface area is 95.7 Å². The van der Waals surface area contributed by atoms with Crippen molar-refractivity contribution >= 4 is 5.91 Å². The highest BCUT2D eigenvalue weighted by Crippen LogP contribution is 2.28. The van der Waals surface area contributed by atoms with Crippen LogP contribution in [0, 0.1) is 5.41 Å². The number of nitrogens with one attached hydrogen (secondary N) is 1. The van der Waals surface area contributed by atoms with Crippen molar-refractivity contribution in [2.45, 2.75) is 38.5 Å². The van der Waals surface area contributed by atoms with Crippen molar-refractivity contribution in [2.24, 2.45) is 11.1 Å². The van der Waals surface area contributed by atoms with Crippen molar-refractivity contribution in [2.75, 3.05) is 19.8 Å². The van der Waals surface area contributed by atoms with Gasteiger partial charge in [-0.05, 0) is 20.3 Å². The Balaban J connectivity index is 1.97.